The molecular weight excluding hydrogens is 556 g/mol. The molecule has 0 spiro atoms. The van der Waals surface area contributed by atoms with Crippen molar-refractivity contribution in [3.63, 3.8) is 0 Å². The summed E-state index contributed by atoms with van der Waals surface area (Å²) in [5.74, 6) is -3.39. The second kappa shape index (κ2) is 9.53. The standard InChI is InChI=1S/C16H4N10O14/c27-21(28)5-1-7(23(31)32)11(8(2-5)24(33)34)13-17-19-15(39-13)16-20-18-14(40-16)12-9(25(35)36)3-6(22(29)30)4-10(12)26(37)38/h1-4H. The van der Waals surface area contributed by atoms with Crippen molar-refractivity contribution >= 4 is 34.1 Å². The van der Waals surface area contributed by atoms with Gasteiger partial charge in [-0.25, -0.2) is 0 Å². The third kappa shape index (κ3) is 4.51. The number of non-ortho nitro benzene ring substituents is 2. The first-order chi connectivity index (χ1) is 18.8. The highest BCUT2D eigenvalue weighted by molar-refractivity contribution is 5.81. The van der Waals surface area contributed by atoms with Crippen LogP contribution < -0.4 is 0 Å². The van der Waals surface area contributed by atoms with Gasteiger partial charge in [-0.1, -0.05) is 0 Å². The number of nitro groups is 6. The fraction of sp³-hybridized carbons (Fsp3) is 0. The van der Waals surface area contributed by atoms with Gasteiger partial charge in [0, 0.05) is 0 Å². The lowest BCUT2D eigenvalue weighted by atomic mass is 10.1. The first kappa shape index (κ1) is 26.2. The molecule has 40 heavy (non-hydrogen) atoms. The van der Waals surface area contributed by atoms with E-state index in [1.165, 1.54) is 0 Å². The maximum absolute atomic E-state index is 11.5. The number of rotatable bonds is 9. The Hall–Kier alpha value is -6.88. The Morgan fingerprint density at radius 1 is 0.425 bits per heavy atom. The van der Waals surface area contributed by atoms with Gasteiger partial charge in [0.15, 0.2) is 11.1 Å². The van der Waals surface area contributed by atoms with Crippen molar-refractivity contribution in [1.82, 2.24) is 20.4 Å². The van der Waals surface area contributed by atoms with Crippen molar-refractivity contribution in [3.8, 4) is 34.7 Å². The van der Waals surface area contributed by atoms with Crippen LogP contribution in [0.25, 0.3) is 34.7 Å². The number of nitrogens with zero attached hydrogens (tertiary/aromatic N) is 10. The Balaban J connectivity index is 1.86. The van der Waals surface area contributed by atoms with Crippen molar-refractivity contribution in [3.05, 3.63) is 85.0 Å². The monoisotopic (exact) mass is 560 g/mol. The van der Waals surface area contributed by atoms with E-state index < -0.39 is 98.4 Å². The number of nitro benzene ring substituents is 6. The summed E-state index contributed by atoms with van der Waals surface area (Å²) >= 11 is 0. The lowest BCUT2D eigenvalue weighted by Crippen LogP contribution is -2.00. The molecule has 24 heteroatoms. The molecule has 0 bridgehead atoms. The maximum atomic E-state index is 11.5. The SMILES string of the molecule is O=[N+]([O-])c1cc([N+](=O)[O-])c(-c2nnc(-c3nnc(-c4c([N+](=O)[O-])cc([N+](=O)[O-])cc4[N+](=O)[O-])o3)o2)c([N+](=O)[O-])c1. The Kier molecular flexibility index (Phi) is 6.24. The minimum absolute atomic E-state index is 0.407. The van der Waals surface area contributed by atoms with Crippen LogP contribution in [0, 0.1) is 60.7 Å². The van der Waals surface area contributed by atoms with E-state index in [-0.39, 0.29) is 0 Å². The van der Waals surface area contributed by atoms with Gasteiger partial charge in [-0.05, 0) is 0 Å². The van der Waals surface area contributed by atoms with Gasteiger partial charge in [0.05, 0.1) is 53.8 Å². The zero-order chi connectivity index (χ0) is 29.5. The molecule has 0 aliphatic heterocycles. The Bertz CT molecular complexity index is 1590. The highest BCUT2D eigenvalue weighted by Crippen LogP contribution is 2.43. The van der Waals surface area contributed by atoms with Gasteiger partial charge in [-0.15, -0.1) is 20.4 Å². The van der Waals surface area contributed by atoms with Crippen LogP contribution in [0.1, 0.15) is 0 Å². The van der Waals surface area contributed by atoms with E-state index in [4.69, 9.17) is 8.83 Å². The predicted octanol–water partition coefficient (Wildman–Crippen LogP) is 2.90. The molecule has 2 aromatic carbocycles. The van der Waals surface area contributed by atoms with Gasteiger partial charge in [0.25, 0.3) is 45.9 Å². The first-order valence-corrected chi connectivity index (χ1v) is 9.70. The van der Waals surface area contributed by atoms with Gasteiger partial charge >= 0.3 is 11.8 Å². The van der Waals surface area contributed by atoms with Crippen LogP contribution in [0.5, 0.6) is 0 Å². The van der Waals surface area contributed by atoms with Gasteiger partial charge in [0.2, 0.25) is 0 Å². The molecule has 4 aromatic rings. The molecule has 2 heterocycles. The molecule has 4 rings (SSSR count). The molecule has 0 atom stereocenters. The van der Waals surface area contributed by atoms with E-state index in [1.54, 1.807) is 0 Å². The quantitative estimate of drug-likeness (QED) is 0.209. The molecule has 0 unspecified atom stereocenters. The van der Waals surface area contributed by atoms with Gasteiger partial charge in [-0.2, -0.15) is 0 Å². The van der Waals surface area contributed by atoms with Crippen LogP contribution in [0.4, 0.5) is 34.1 Å². The van der Waals surface area contributed by atoms with Gasteiger partial charge in [0.1, 0.15) is 0 Å². The number of hydrogen-bond donors (Lipinski definition) is 0. The molecule has 0 aliphatic carbocycles. The highest BCUT2D eigenvalue weighted by Gasteiger charge is 2.37. The van der Waals surface area contributed by atoms with Crippen molar-refractivity contribution in [2.24, 2.45) is 0 Å². The minimum atomic E-state index is -1.18. The van der Waals surface area contributed by atoms with Crippen LogP contribution in [0.15, 0.2) is 33.1 Å². The summed E-state index contributed by atoms with van der Waals surface area (Å²) in [4.78, 5) is 61.1. The average Bonchev–Trinajstić information content (AvgIpc) is 3.56. The van der Waals surface area contributed by atoms with Crippen LogP contribution >= 0.6 is 0 Å². The van der Waals surface area contributed by atoms with Crippen molar-refractivity contribution in [2.75, 3.05) is 0 Å². The summed E-state index contributed by atoms with van der Waals surface area (Å²) in [7, 11) is 0. The fourth-order valence-corrected chi connectivity index (χ4v) is 3.24. The van der Waals surface area contributed by atoms with Crippen molar-refractivity contribution in [1.29, 1.82) is 0 Å². The summed E-state index contributed by atoms with van der Waals surface area (Å²) in [5.41, 5.74) is -8.45. The predicted molar refractivity (Wildman–Crippen MR) is 118 cm³/mol. The summed E-state index contributed by atoms with van der Waals surface area (Å²) in [5, 5.41) is 81.8. The molecule has 0 aliphatic rings. The lowest BCUT2D eigenvalue weighted by Gasteiger charge is -2.01. The number of hydrogen-bond acceptors (Lipinski definition) is 18. The lowest BCUT2D eigenvalue weighted by molar-refractivity contribution is -0.402. The van der Waals surface area contributed by atoms with E-state index in [1.807, 2.05) is 0 Å². The number of benzene rings is 2. The van der Waals surface area contributed by atoms with Crippen LogP contribution in [0.3, 0.4) is 0 Å². The van der Waals surface area contributed by atoms with E-state index in [9.17, 15) is 60.7 Å². The van der Waals surface area contributed by atoms with E-state index in [0.717, 1.165) is 0 Å². The smallest absolute Gasteiger partial charge is 0.306 e. The molecule has 2 aromatic heterocycles. The maximum Gasteiger partial charge on any atom is 0.306 e. The molecular formula is C16H4N10O14. The molecule has 24 nitrogen and oxygen atoms in total. The Labute approximate surface area is 213 Å². The first-order valence-electron chi connectivity index (χ1n) is 9.70. The summed E-state index contributed by atoms with van der Waals surface area (Å²) in [6, 6.07) is 1.63. The molecule has 0 fully saturated rings. The molecule has 202 valence electrons. The van der Waals surface area contributed by atoms with E-state index in [0.29, 0.717) is 24.3 Å². The molecule has 0 radical (unpaired) electrons. The third-order valence-corrected chi connectivity index (χ3v) is 4.83. The normalized spacial score (nSPS) is 10.7. The molecule has 0 saturated carbocycles. The van der Waals surface area contributed by atoms with Crippen molar-refractivity contribution in [2.45, 2.75) is 0 Å². The largest absolute Gasteiger partial charge is 0.412 e. The third-order valence-electron chi connectivity index (χ3n) is 4.83. The summed E-state index contributed by atoms with van der Waals surface area (Å²) in [6.45, 7) is 0. The molecule has 0 N–H and O–H groups in total. The second-order valence-corrected chi connectivity index (χ2v) is 7.09. The van der Waals surface area contributed by atoms with Gasteiger partial charge in [-0.3, -0.25) is 60.7 Å². The Morgan fingerprint density at radius 3 is 0.900 bits per heavy atom. The second-order valence-electron chi connectivity index (χ2n) is 7.09. The zero-order valence-corrected chi connectivity index (χ0v) is 18.5. The highest BCUT2D eigenvalue weighted by atomic mass is 16.6. The fourth-order valence-electron chi connectivity index (χ4n) is 3.24. The molecule has 0 saturated heterocycles. The van der Waals surface area contributed by atoms with E-state index >= 15 is 0 Å². The zero-order valence-electron chi connectivity index (χ0n) is 18.5. The van der Waals surface area contributed by atoms with E-state index in [2.05, 4.69) is 20.4 Å². The van der Waals surface area contributed by atoms with Crippen LogP contribution in [-0.4, -0.2) is 49.9 Å². The summed E-state index contributed by atoms with van der Waals surface area (Å²) in [6.07, 6.45) is 0. The minimum Gasteiger partial charge on any atom is -0.412 e. The van der Waals surface area contributed by atoms with Crippen LogP contribution in [-0.2, 0) is 0 Å². The topological polar surface area (TPSA) is 337 Å². The average molecular weight is 560 g/mol. The molecule has 0 amide bonds. The van der Waals surface area contributed by atoms with Crippen LogP contribution in [0.2, 0.25) is 0 Å². The summed E-state index contributed by atoms with van der Waals surface area (Å²) < 4.78 is 10.3. The van der Waals surface area contributed by atoms with Gasteiger partial charge < -0.3 is 8.83 Å². The van der Waals surface area contributed by atoms with Crippen molar-refractivity contribution < 1.29 is 38.4 Å². The number of aromatic nitrogens is 4. The Morgan fingerprint density at radius 2 is 0.675 bits per heavy atom.